The SMILES string of the molecule is CCCCCc1ccc2c(c1)sc1c2ccc2c3ccccc3ccc21.CCCCc1ccc2c(c1)sc1c2ccc2c3ccccc3ccc21.Cc1ccc2c(c1)sc1c2ccc2c3ccccc3ccc21.Cc1ccc2c(c1)sc1c2ccc2c3ccccc3ccc21.Cc1ccc2c(c1)sc1c2ccc2c3ccccc3ccc21.Cc1ccc2c(c1)sc1c2ccc2c3ccccc3ccc21. The maximum Gasteiger partial charge on any atom is 0.0434 e. The Labute approximate surface area is 831 Å². The minimum atomic E-state index is 1.19. The highest BCUT2D eigenvalue weighted by molar-refractivity contribution is 7.29. The largest absolute Gasteiger partial charge is 0.135 e. The van der Waals surface area contributed by atoms with Gasteiger partial charge in [-0.3, -0.25) is 0 Å². The first-order chi connectivity index (χ1) is 68.4. The maximum absolute atomic E-state index is 2.42. The average molecular weight is 1890 g/mol. The molecule has 139 heavy (non-hydrogen) atoms. The van der Waals surface area contributed by atoms with E-state index in [0.717, 1.165) is 0 Å². The molecule has 6 heteroatoms. The van der Waals surface area contributed by atoms with Crippen molar-refractivity contribution in [1.29, 1.82) is 0 Å². The van der Waals surface area contributed by atoms with E-state index in [4.69, 9.17) is 0 Å². The van der Waals surface area contributed by atoms with Crippen molar-refractivity contribution in [2.75, 3.05) is 0 Å². The molecule has 0 fully saturated rings. The van der Waals surface area contributed by atoms with Gasteiger partial charge in [-0.15, -0.1) is 68.0 Å². The molecule has 0 amide bonds. The molecule has 0 nitrogen and oxygen atoms in total. The third kappa shape index (κ3) is 15.6. The molecule has 0 saturated carbocycles. The molecule has 0 atom stereocenters. The second kappa shape index (κ2) is 36.2. The molecule has 6 aromatic heterocycles. The van der Waals surface area contributed by atoms with Crippen LogP contribution in [0.5, 0.6) is 0 Å². The lowest BCUT2D eigenvalue weighted by atomic mass is 9.99. The van der Waals surface area contributed by atoms with Crippen LogP contribution >= 0.6 is 68.0 Å². The zero-order valence-electron chi connectivity index (χ0n) is 78.5. The zero-order chi connectivity index (χ0) is 93.0. The molecule has 0 aliphatic heterocycles. The van der Waals surface area contributed by atoms with Crippen molar-refractivity contribution >= 4 is 318 Å². The Kier molecular flexibility index (Phi) is 22.5. The van der Waals surface area contributed by atoms with Gasteiger partial charge in [0.2, 0.25) is 0 Å². The van der Waals surface area contributed by atoms with Crippen molar-refractivity contribution in [2.24, 2.45) is 0 Å². The van der Waals surface area contributed by atoms with Gasteiger partial charge in [-0.2, -0.15) is 0 Å². The average Bonchev–Trinajstić information content (AvgIpc) is 1.72. The summed E-state index contributed by atoms with van der Waals surface area (Å²) in [5, 5.41) is 49.0. The molecule has 30 rings (SSSR count). The summed E-state index contributed by atoms with van der Waals surface area (Å²) in [7, 11) is 0. The standard InChI is InChI=1S/C25H22S.C24H20S.4C21H14S/c1-2-3-4-7-17-10-12-21-23-15-14-20-19-9-6-5-8-18(19)11-13-22(20)25(23)26-24(21)16-17;1-2-3-6-16-9-11-20-22-14-13-19-18-8-5-4-7-17(18)10-12-21(19)24(22)25-23(20)15-16;4*1-13-6-8-17-19-11-10-16-15-5-3-2-4-14(15)7-9-18(16)21(19)22-20(17)12-13/h5-6,8-16H,2-4,7H2,1H3;4-5,7-15H,2-3,6H2,1H3;4*2-12H,1H3. The molecule has 0 N–H and O–H groups in total. The molecule has 0 saturated heterocycles. The lowest BCUT2D eigenvalue weighted by Crippen LogP contribution is -1.84. The molecule has 0 unspecified atom stereocenters. The van der Waals surface area contributed by atoms with Gasteiger partial charge >= 0.3 is 0 Å². The lowest BCUT2D eigenvalue weighted by Gasteiger charge is -2.05. The number of aryl methyl sites for hydroxylation is 6. The van der Waals surface area contributed by atoms with Crippen LogP contribution in [0.25, 0.3) is 250 Å². The van der Waals surface area contributed by atoms with Crippen LogP contribution in [-0.4, -0.2) is 0 Å². The molecule has 0 aliphatic carbocycles. The number of hydrogen-bond acceptors (Lipinski definition) is 6. The van der Waals surface area contributed by atoms with Crippen molar-refractivity contribution in [2.45, 2.75) is 86.5 Å². The van der Waals surface area contributed by atoms with E-state index in [-0.39, 0.29) is 0 Å². The van der Waals surface area contributed by atoms with E-state index < -0.39 is 0 Å². The van der Waals surface area contributed by atoms with Crippen LogP contribution in [0.1, 0.15) is 79.3 Å². The van der Waals surface area contributed by atoms with Gasteiger partial charge in [-0.05, 0) is 220 Å². The van der Waals surface area contributed by atoms with Crippen LogP contribution in [0.3, 0.4) is 0 Å². The summed E-state index contributed by atoms with van der Waals surface area (Å²) in [4.78, 5) is 0. The van der Waals surface area contributed by atoms with E-state index in [1.54, 1.807) is 0 Å². The van der Waals surface area contributed by atoms with Gasteiger partial charge in [0.1, 0.15) is 0 Å². The molecule has 30 aromatic rings. The van der Waals surface area contributed by atoms with Crippen LogP contribution in [0.15, 0.2) is 400 Å². The van der Waals surface area contributed by atoms with E-state index in [1.807, 2.05) is 68.0 Å². The first-order valence-electron chi connectivity index (χ1n) is 48.9. The van der Waals surface area contributed by atoms with Crippen molar-refractivity contribution in [3.05, 3.63) is 434 Å². The highest BCUT2D eigenvalue weighted by Crippen LogP contribution is 2.49. The highest BCUT2D eigenvalue weighted by Gasteiger charge is 2.19. The Morgan fingerprint density at radius 2 is 0.317 bits per heavy atom. The lowest BCUT2D eigenvalue weighted by molar-refractivity contribution is 0.718. The summed E-state index contributed by atoms with van der Waals surface area (Å²) in [6, 6.07) is 148. The predicted octanol–water partition coefficient (Wildman–Crippen LogP) is 42.5. The Bertz CT molecular complexity index is 9420. The summed E-state index contributed by atoms with van der Waals surface area (Å²) in [5.41, 5.74) is 8.26. The van der Waals surface area contributed by atoms with Gasteiger partial charge < -0.3 is 0 Å². The molecule has 0 bridgehead atoms. The van der Waals surface area contributed by atoms with Crippen LogP contribution in [0, 0.1) is 27.7 Å². The Balaban J connectivity index is 0.0000000883. The van der Waals surface area contributed by atoms with Crippen LogP contribution in [0.2, 0.25) is 0 Å². The third-order valence-electron chi connectivity index (χ3n) is 28.8. The van der Waals surface area contributed by atoms with Crippen LogP contribution in [-0.2, 0) is 12.8 Å². The summed E-state index contributed by atoms with van der Waals surface area (Å²) in [5.74, 6) is 0. The fraction of sp³-hybridized carbons (Fsp3) is 0.0977. The number of benzene rings is 24. The second-order valence-corrected chi connectivity index (χ2v) is 44.1. The minimum Gasteiger partial charge on any atom is -0.135 e. The fourth-order valence-electron chi connectivity index (χ4n) is 21.7. The van der Waals surface area contributed by atoms with E-state index in [2.05, 4.69) is 442 Å². The van der Waals surface area contributed by atoms with Gasteiger partial charge in [0.15, 0.2) is 0 Å². The van der Waals surface area contributed by atoms with Crippen molar-refractivity contribution in [3.63, 3.8) is 0 Å². The topological polar surface area (TPSA) is 0 Å². The second-order valence-electron chi connectivity index (χ2n) is 37.8. The van der Waals surface area contributed by atoms with Crippen LogP contribution in [0.4, 0.5) is 0 Å². The summed E-state index contributed by atoms with van der Waals surface area (Å²) in [6.45, 7) is 13.2. The van der Waals surface area contributed by atoms with E-state index in [9.17, 15) is 0 Å². The van der Waals surface area contributed by atoms with E-state index >= 15 is 0 Å². The fourth-order valence-corrected chi connectivity index (χ4v) is 29.6. The molecular formula is C133H98S6. The first-order valence-corrected chi connectivity index (χ1v) is 53.8. The molecule has 0 aliphatic rings. The first kappa shape index (κ1) is 86.3. The maximum atomic E-state index is 2.42. The molecule has 24 aromatic carbocycles. The minimum absolute atomic E-state index is 1.19. The van der Waals surface area contributed by atoms with Gasteiger partial charge in [0.25, 0.3) is 0 Å². The summed E-state index contributed by atoms with van der Waals surface area (Å²) >= 11 is 11.6. The summed E-state index contributed by atoms with van der Waals surface area (Å²) in [6.07, 6.45) is 8.80. The van der Waals surface area contributed by atoms with Gasteiger partial charge in [-0.1, -0.05) is 397 Å². The van der Waals surface area contributed by atoms with E-state index in [0.29, 0.717) is 0 Å². The van der Waals surface area contributed by atoms with Crippen LogP contribution < -0.4 is 0 Å². The zero-order valence-corrected chi connectivity index (χ0v) is 83.4. The molecule has 6 heterocycles. The number of thiophene rings is 6. The Morgan fingerprint density at radius 3 is 0.540 bits per heavy atom. The molecule has 666 valence electrons. The van der Waals surface area contributed by atoms with Crippen molar-refractivity contribution in [1.82, 2.24) is 0 Å². The number of rotatable bonds is 7. The van der Waals surface area contributed by atoms with Crippen molar-refractivity contribution < 1.29 is 0 Å². The quantitative estimate of drug-likeness (QED) is 0.110. The molecule has 0 radical (unpaired) electrons. The third-order valence-corrected chi connectivity index (χ3v) is 36.0. The van der Waals surface area contributed by atoms with E-state index in [1.165, 1.54) is 329 Å². The van der Waals surface area contributed by atoms with Gasteiger partial charge in [-0.25, -0.2) is 0 Å². The predicted molar refractivity (Wildman–Crippen MR) is 627 cm³/mol. The normalized spacial score (nSPS) is 11.9. The summed E-state index contributed by atoms with van der Waals surface area (Å²) < 4.78 is 16.9. The monoisotopic (exact) mass is 1890 g/mol. The Hall–Kier alpha value is -14.3. The molecule has 0 spiro atoms. The number of fused-ring (bicyclic) bond motifs is 42. The number of hydrogen-bond donors (Lipinski definition) is 0. The highest BCUT2D eigenvalue weighted by atomic mass is 32.1. The smallest absolute Gasteiger partial charge is 0.0434 e. The van der Waals surface area contributed by atoms with Gasteiger partial charge in [0, 0.05) is 153 Å². The van der Waals surface area contributed by atoms with Crippen molar-refractivity contribution in [3.8, 4) is 0 Å². The van der Waals surface area contributed by atoms with Gasteiger partial charge in [0.05, 0.1) is 0 Å². The Morgan fingerprint density at radius 1 is 0.144 bits per heavy atom. The number of unbranched alkanes of at least 4 members (excludes halogenated alkanes) is 3. The molecular weight excluding hydrogens is 1790 g/mol.